The van der Waals surface area contributed by atoms with E-state index < -0.39 is 23.5 Å². The van der Waals surface area contributed by atoms with Crippen molar-refractivity contribution < 1.29 is 19.1 Å². The molecular formula is C29H28N2O4. The lowest BCUT2D eigenvalue weighted by molar-refractivity contribution is 0.0227. The number of hydrogen-bond acceptors (Lipinski definition) is 4. The first-order valence-electron chi connectivity index (χ1n) is 11.4. The molecule has 35 heavy (non-hydrogen) atoms. The van der Waals surface area contributed by atoms with Gasteiger partial charge >= 0.3 is 6.09 Å². The normalized spacial score (nSPS) is 17.7. The van der Waals surface area contributed by atoms with Crippen molar-refractivity contribution in [2.45, 2.75) is 38.2 Å². The van der Waals surface area contributed by atoms with Gasteiger partial charge < -0.3 is 4.74 Å². The summed E-state index contributed by atoms with van der Waals surface area (Å²) in [5, 5.41) is 1.81. The number of carbonyl (C=O) groups is 3. The summed E-state index contributed by atoms with van der Waals surface area (Å²) in [6.45, 7) is 9.99. The van der Waals surface area contributed by atoms with Crippen LogP contribution in [0.3, 0.4) is 0 Å². The smallest absolute Gasteiger partial charge is 0.434 e. The fraction of sp³-hybridized carbons (Fsp3) is 0.207. The van der Waals surface area contributed by atoms with E-state index in [4.69, 9.17) is 4.74 Å². The van der Waals surface area contributed by atoms with Crippen LogP contribution in [0.4, 0.5) is 4.79 Å². The molecule has 0 aromatic heterocycles. The van der Waals surface area contributed by atoms with Crippen molar-refractivity contribution in [3.63, 3.8) is 0 Å². The van der Waals surface area contributed by atoms with Gasteiger partial charge in [0.15, 0.2) is 5.60 Å². The number of benzene rings is 3. The highest BCUT2D eigenvalue weighted by Gasteiger charge is 2.53. The maximum Gasteiger partial charge on any atom is 0.434 e. The molecule has 1 fully saturated rings. The Labute approximate surface area is 205 Å². The van der Waals surface area contributed by atoms with E-state index in [0.717, 1.165) is 15.6 Å². The van der Waals surface area contributed by atoms with Gasteiger partial charge in [0.25, 0.3) is 11.8 Å². The van der Waals surface area contributed by atoms with E-state index in [9.17, 15) is 14.4 Å². The number of ether oxygens (including phenoxy) is 1. The van der Waals surface area contributed by atoms with Gasteiger partial charge in [-0.2, -0.15) is 10.0 Å². The molecule has 1 saturated heterocycles. The molecule has 4 rings (SSSR count). The quantitative estimate of drug-likeness (QED) is 0.418. The lowest BCUT2D eigenvalue weighted by Gasteiger charge is -2.35. The molecule has 6 nitrogen and oxygen atoms in total. The predicted octanol–water partition coefficient (Wildman–Crippen LogP) is 5.98. The van der Waals surface area contributed by atoms with Crippen molar-refractivity contribution in [1.82, 2.24) is 10.0 Å². The minimum Gasteiger partial charge on any atom is -0.435 e. The van der Waals surface area contributed by atoms with Crippen LogP contribution < -0.4 is 0 Å². The van der Waals surface area contributed by atoms with Crippen molar-refractivity contribution in [3.8, 4) is 0 Å². The monoisotopic (exact) mass is 468 g/mol. The van der Waals surface area contributed by atoms with Gasteiger partial charge in [-0.25, -0.2) is 4.79 Å². The number of imide groups is 1. The van der Waals surface area contributed by atoms with E-state index in [1.54, 1.807) is 67.6 Å². The topological polar surface area (TPSA) is 66.9 Å². The van der Waals surface area contributed by atoms with Crippen LogP contribution in [0.25, 0.3) is 0 Å². The zero-order valence-corrected chi connectivity index (χ0v) is 20.1. The highest BCUT2D eigenvalue weighted by molar-refractivity contribution is 6.11. The second kappa shape index (κ2) is 9.22. The third-order valence-corrected chi connectivity index (χ3v) is 6.31. The number of rotatable bonds is 6. The van der Waals surface area contributed by atoms with E-state index in [2.05, 4.69) is 20.4 Å². The molecule has 3 aromatic rings. The van der Waals surface area contributed by atoms with Crippen LogP contribution in [-0.2, 0) is 10.2 Å². The molecule has 0 unspecified atom stereocenters. The third-order valence-electron chi connectivity index (χ3n) is 6.31. The summed E-state index contributed by atoms with van der Waals surface area (Å²) in [7, 11) is 0. The van der Waals surface area contributed by atoms with Crippen molar-refractivity contribution >= 4 is 17.9 Å². The van der Waals surface area contributed by atoms with Crippen LogP contribution >= 0.6 is 0 Å². The molecule has 178 valence electrons. The van der Waals surface area contributed by atoms with Gasteiger partial charge in [0.2, 0.25) is 0 Å². The van der Waals surface area contributed by atoms with Crippen LogP contribution in [0.1, 0.15) is 53.5 Å². The Bertz CT molecular complexity index is 1200. The molecule has 0 radical (unpaired) electrons. The molecule has 6 heteroatoms. The SMILES string of the molecule is C=C1N(N(C(=O)c2ccccc2)C(=O)c2ccccc2)C(=O)O[C@]1(C)CC(C)(C)c1ccccc1. The van der Waals surface area contributed by atoms with Gasteiger partial charge in [0, 0.05) is 17.5 Å². The minimum atomic E-state index is -1.14. The first-order valence-corrected chi connectivity index (χ1v) is 11.4. The highest BCUT2D eigenvalue weighted by atomic mass is 16.6. The zero-order valence-electron chi connectivity index (χ0n) is 20.1. The Balaban J connectivity index is 1.72. The standard InChI is InChI=1S/C29H28N2O4/c1-21-29(4,20-28(2,3)24-18-12-7-13-19-24)35-27(34)30(21)31(25(32)22-14-8-5-9-15-22)26(33)23-16-10-6-11-17-23/h5-19H,1,20H2,2-4H3/t29-/m1/s1. The average Bonchev–Trinajstić information content (AvgIpc) is 3.08. The van der Waals surface area contributed by atoms with Crippen molar-refractivity contribution in [2.24, 2.45) is 0 Å². The Morgan fingerprint density at radius 3 is 1.74 bits per heavy atom. The van der Waals surface area contributed by atoms with Crippen LogP contribution in [0.5, 0.6) is 0 Å². The largest absolute Gasteiger partial charge is 0.435 e. The molecule has 0 saturated carbocycles. The van der Waals surface area contributed by atoms with Gasteiger partial charge in [0.1, 0.15) is 0 Å². The average molecular weight is 469 g/mol. The Morgan fingerprint density at radius 2 is 1.29 bits per heavy atom. The Morgan fingerprint density at radius 1 is 0.857 bits per heavy atom. The van der Waals surface area contributed by atoms with Crippen molar-refractivity contribution in [2.75, 3.05) is 0 Å². The maximum atomic E-state index is 13.6. The summed E-state index contributed by atoms with van der Waals surface area (Å²) in [5.41, 5.74) is 0.294. The molecule has 0 spiro atoms. The predicted molar refractivity (Wildman–Crippen MR) is 133 cm³/mol. The Kier molecular flexibility index (Phi) is 6.31. The zero-order chi connectivity index (χ0) is 25.2. The molecule has 1 heterocycles. The molecule has 3 amide bonds. The van der Waals surface area contributed by atoms with Crippen LogP contribution in [0.15, 0.2) is 103 Å². The fourth-order valence-corrected chi connectivity index (χ4v) is 4.48. The fourth-order valence-electron chi connectivity index (χ4n) is 4.48. The van der Waals surface area contributed by atoms with Crippen molar-refractivity contribution in [1.29, 1.82) is 0 Å². The van der Waals surface area contributed by atoms with E-state index in [0.29, 0.717) is 6.42 Å². The highest BCUT2D eigenvalue weighted by Crippen LogP contribution is 2.43. The molecule has 1 atom stereocenters. The number of hydrazine groups is 1. The second-order valence-electron chi connectivity index (χ2n) is 9.44. The molecule has 0 bridgehead atoms. The summed E-state index contributed by atoms with van der Waals surface area (Å²) >= 11 is 0. The third kappa shape index (κ3) is 4.60. The van der Waals surface area contributed by atoms with Gasteiger partial charge in [0.05, 0.1) is 5.70 Å². The number of carbonyl (C=O) groups excluding carboxylic acids is 3. The summed E-state index contributed by atoms with van der Waals surface area (Å²) in [6, 6.07) is 26.6. The summed E-state index contributed by atoms with van der Waals surface area (Å²) in [6.07, 6.45) is -0.423. The molecule has 0 N–H and O–H groups in total. The van der Waals surface area contributed by atoms with Crippen molar-refractivity contribution in [3.05, 3.63) is 120 Å². The van der Waals surface area contributed by atoms with Crippen LogP contribution in [0.2, 0.25) is 0 Å². The lowest BCUT2D eigenvalue weighted by Crippen LogP contribution is -2.50. The molecule has 1 aliphatic rings. The first-order chi connectivity index (χ1) is 16.6. The van der Waals surface area contributed by atoms with E-state index in [1.807, 2.05) is 30.3 Å². The van der Waals surface area contributed by atoms with Gasteiger partial charge in [-0.15, -0.1) is 0 Å². The Hall–Kier alpha value is -4.19. The molecule has 1 aliphatic heterocycles. The molecular weight excluding hydrogens is 440 g/mol. The minimum absolute atomic E-state index is 0.222. The van der Waals surface area contributed by atoms with Gasteiger partial charge in [-0.1, -0.05) is 87.2 Å². The number of amides is 3. The van der Waals surface area contributed by atoms with Gasteiger partial charge in [-0.05, 0) is 42.2 Å². The number of cyclic esters (lactones) is 1. The van der Waals surface area contributed by atoms with Crippen LogP contribution in [-0.4, -0.2) is 33.5 Å². The first kappa shape index (κ1) is 24.0. The number of nitrogens with zero attached hydrogens (tertiary/aromatic N) is 2. The van der Waals surface area contributed by atoms with Gasteiger partial charge in [-0.3, -0.25) is 9.59 Å². The molecule has 3 aromatic carbocycles. The van der Waals surface area contributed by atoms with Crippen LogP contribution in [0, 0.1) is 0 Å². The maximum absolute atomic E-state index is 13.6. The summed E-state index contributed by atoms with van der Waals surface area (Å²) in [5.74, 6) is -1.30. The van der Waals surface area contributed by atoms with E-state index in [1.165, 1.54) is 0 Å². The lowest BCUT2D eigenvalue weighted by atomic mass is 9.75. The van der Waals surface area contributed by atoms with E-state index >= 15 is 0 Å². The summed E-state index contributed by atoms with van der Waals surface area (Å²) < 4.78 is 5.83. The number of hydrogen-bond donors (Lipinski definition) is 0. The second-order valence-corrected chi connectivity index (χ2v) is 9.44. The van der Waals surface area contributed by atoms with E-state index in [-0.39, 0.29) is 22.2 Å². The molecule has 0 aliphatic carbocycles. The summed E-state index contributed by atoms with van der Waals surface area (Å²) in [4.78, 5) is 40.4.